The molecule has 4 nitrogen and oxygen atoms in total. The van der Waals surface area contributed by atoms with Gasteiger partial charge in [0.2, 0.25) is 0 Å². The van der Waals surface area contributed by atoms with E-state index in [0.29, 0.717) is 6.54 Å². The van der Waals surface area contributed by atoms with Crippen molar-refractivity contribution in [2.45, 2.75) is 33.7 Å². The van der Waals surface area contributed by atoms with E-state index >= 15 is 0 Å². The van der Waals surface area contributed by atoms with Crippen LogP contribution in [0.1, 0.15) is 30.8 Å². The molecule has 1 rings (SSSR count). The fourth-order valence-electron chi connectivity index (χ4n) is 1.21. The van der Waals surface area contributed by atoms with E-state index in [4.69, 9.17) is 0 Å². The van der Waals surface area contributed by atoms with Gasteiger partial charge in [-0.05, 0) is 20.3 Å². The van der Waals surface area contributed by atoms with Crippen LogP contribution in [0.15, 0.2) is 10.5 Å². The third-order valence-electron chi connectivity index (χ3n) is 2.11. The summed E-state index contributed by atoms with van der Waals surface area (Å²) in [4.78, 5) is 9.96. The third kappa shape index (κ3) is 6.21. The molecule has 0 aliphatic carbocycles. The number of hydrogen-bond donors (Lipinski definition) is 2. The summed E-state index contributed by atoms with van der Waals surface area (Å²) in [7, 11) is 0. The monoisotopic (exact) mass is 368 g/mol. The van der Waals surface area contributed by atoms with Gasteiger partial charge in [0.25, 0.3) is 0 Å². The summed E-state index contributed by atoms with van der Waals surface area (Å²) in [5.74, 6) is 0.886. The quantitative estimate of drug-likeness (QED) is 0.477. The summed E-state index contributed by atoms with van der Waals surface area (Å²) in [6.45, 7) is 8.78. The molecule has 0 saturated carbocycles. The molecule has 0 fully saturated rings. The van der Waals surface area contributed by atoms with Gasteiger partial charge in [-0.3, -0.25) is 0 Å². The second-order valence-electron chi connectivity index (χ2n) is 3.48. The fraction of sp³-hybridized carbons (Fsp3) is 0.636. The molecule has 2 N–H and O–H groups in total. The zero-order valence-corrected chi connectivity index (χ0v) is 13.8. The average Bonchev–Trinajstić information content (AvgIpc) is 2.68. The average molecular weight is 368 g/mol. The molecule has 0 bridgehead atoms. The Morgan fingerprint density at radius 2 is 2.18 bits per heavy atom. The molecule has 0 amide bonds. The Balaban J connectivity index is 0.00000256. The third-order valence-corrected chi connectivity index (χ3v) is 3.03. The number of thiazole rings is 1. The molecule has 1 heterocycles. The van der Waals surface area contributed by atoms with Crippen molar-refractivity contribution in [3.63, 3.8) is 0 Å². The highest BCUT2D eigenvalue weighted by Gasteiger charge is 2.01. The van der Waals surface area contributed by atoms with Crippen molar-refractivity contribution in [1.29, 1.82) is 0 Å². The number of aromatic nitrogens is 1. The topological polar surface area (TPSA) is 49.3 Å². The summed E-state index contributed by atoms with van der Waals surface area (Å²) in [6.07, 6.45) is 1.10. The fourth-order valence-corrected chi connectivity index (χ4v) is 1.91. The van der Waals surface area contributed by atoms with Gasteiger partial charge in [-0.25, -0.2) is 9.98 Å². The molecule has 0 atom stereocenters. The van der Waals surface area contributed by atoms with Crippen LogP contribution in [0.3, 0.4) is 0 Å². The highest BCUT2D eigenvalue weighted by atomic mass is 127. The summed E-state index contributed by atoms with van der Waals surface area (Å²) >= 11 is 1.66. The molecule has 1 aromatic heterocycles. The van der Waals surface area contributed by atoms with Crippen molar-refractivity contribution in [3.8, 4) is 0 Å². The van der Waals surface area contributed by atoms with Gasteiger partial charge in [0, 0.05) is 18.0 Å². The van der Waals surface area contributed by atoms with Crippen molar-refractivity contribution >= 4 is 41.3 Å². The van der Waals surface area contributed by atoms with Gasteiger partial charge in [-0.2, -0.15) is 0 Å². The van der Waals surface area contributed by atoms with Crippen molar-refractivity contribution in [3.05, 3.63) is 16.1 Å². The standard InChI is InChI=1S/C11H20N4S.HI/c1-4-6-13-11(12-5-2)14-7-10-9(3)15-8-16-10;/h8H,4-7H2,1-3H3,(H2,12,13,14);1H. The number of nitrogens with zero attached hydrogens (tertiary/aromatic N) is 2. The lowest BCUT2D eigenvalue weighted by Gasteiger charge is -2.09. The first-order chi connectivity index (χ1) is 7.77. The maximum absolute atomic E-state index is 4.52. The first-order valence-corrected chi connectivity index (χ1v) is 6.57. The van der Waals surface area contributed by atoms with E-state index in [1.165, 1.54) is 4.88 Å². The van der Waals surface area contributed by atoms with Crippen molar-refractivity contribution in [2.75, 3.05) is 13.1 Å². The molecular formula is C11H21IN4S. The van der Waals surface area contributed by atoms with E-state index in [0.717, 1.165) is 31.2 Å². The van der Waals surface area contributed by atoms with Crippen LogP contribution in [0.4, 0.5) is 0 Å². The Hall–Kier alpha value is -0.370. The summed E-state index contributed by atoms with van der Waals surface area (Å²) in [5, 5.41) is 6.50. The van der Waals surface area contributed by atoms with Gasteiger partial charge in [0.05, 0.1) is 17.7 Å². The highest BCUT2D eigenvalue weighted by molar-refractivity contribution is 14.0. The number of aliphatic imine (C=N–C) groups is 1. The van der Waals surface area contributed by atoms with Crippen LogP contribution in [0.25, 0.3) is 0 Å². The minimum absolute atomic E-state index is 0. The Kier molecular flexibility index (Phi) is 9.43. The highest BCUT2D eigenvalue weighted by Crippen LogP contribution is 2.12. The lowest BCUT2D eigenvalue weighted by atomic mass is 10.4. The summed E-state index contributed by atoms with van der Waals surface area (Å²) < 4.78 is 0. The first-order valence-electron chi connectivity index (χ1n) is 5.69. The molecule has 0 saturated heterocycles. The van der Waals surface area contributed by atoms with Crippen molar-refractivity contribution in [1.82, 2.24) is 15.6 Å². The number of nitrogens with one attached hydrogen (secondary N) is 2. The molecule has 98 valence electrons. The summed E-state index contributed by atoms with van der Waals surface area (Å²) in [5.41, 5.74) is 2.95. The molecule has 0 radical (unpaired) electrons. The summed E-state index contributed by atoms with van der Waals surface area (Å²) in [6, 6.07) is 0. The zero-order chi connectivity index (χ0) is 11.8. The van der Waals surface area contributed by atoms with Gasteiger partial charge in [0.15, 0.2) is 5.96 Å². The van der Waals surface area contributed by atoms with Crippen LogP contribution in [-0.2, 0) is 6.54 Å². The molecule has 17 heavy (non-hydrogen) atoms. The number of guanidine groups is 1. The normalized spacial score (nSPS) is 10.9. The van der Waals surface area contributed by atoms with Crippen LogP contribution in [0.5, 0.6) is 0 Å². The predicted molar refractivity (Wildman–Crippen MR) is 85.4 cm³/mol. The maximum Gasteiger partial charge on any atom is 0.191 e. The molecule has 1 aromatic rings. The maximum atomic E-state index is 4.52. The molecule has 0 aromatic carbocycles. The lowest BCUT2D eigenvalue weighted by molar-refractivity contribution is 0.786. The van der Waals surface area contributed by atoms with Crippen LogP contribution >= 0.6 is 35.3 Å². The number of hydrogen-bond acceptors (Lipinski definition) is 3. The molecule has 0 spiro atoms. The van der Waals surface area contributed by atoms with Crippen molar-refractivity contribution in [2.24, 2.45) is 4.99 Å². The molecule has 0 aliphatic rings. The Labute approximate surface area is 124 Å². The number of halogens is 1. The second kappa shape index (κ2) is 9.64. The smallest absolute Gasteiger partial charge is 0.191 e. The number of aryl methyl sites for hydroxylation is 1. The van der Waals surface area contributed by atoms with Crippen LogP contribution in [-0.4, -0.2) is 24.0 Å². The Morgan fingerprint density at radius 1 is 1.41 bits per heavy atom. The van der Waals surface area contributed by atoms with Gasteiger partial charge in [0.1, 0.15) is 0 Å². The van der Waals surface area contributed by atoms with Crippen LogP contribution in [0.2, 0.25) is 0 Å². The predicted octanol–water partition coefficient (Wildman–Crippen LogP) is 2.53. The van der Waals surface area contributed by atoms with Gasteiger partial charge in [-0.1, -0.05) is 6.92 Å². The minimum Gasteiger partial charge on any atom is -0.357 e. The zero-order valence-electron chi connectivity index (χ0n) is 10.6. The molecular weight excluding hydrogens is 347 g/mol. The molecule has 0 unspecified atom stereocenters. The van der Waals surface area contributed by atoms with E-state index in [1.807, 2.05) is 12.4 Å². The van der Waals surface area contributed by atoms with Gasteiger partial charge < -0.3 is 10.6 Å². The SMILES string of the molecule is CCCNC(=NCc1scnc1C)NCC.I. The molecule has 0 aliphatic heterocycles. The van der Waals surface area contributed by atoms with Gasteiger partial charge in [-0.15, -0.1) is 35.3 Å². The van der Waals surface area contributed by atoms with E-state index < -0.39 is 0 Å². The van der Waals surface area contributed by atoms with E-state index in [9.17, 15) is 0 Å². The largest absolute Gasteiger partial charge is 0.357 e. The Bertz CT molecular complexity index is 338. The van der Waals surface area contributed by atoms with Gasteiger partial charge >= 0.3 is 0 Å². The molecule has 6 heteroatoms. The lowest BCUT2D eigenvalue weighted by Crippen LogP contribution is -2.37. The van der Waals surface area contributed by atoms with E-state index in [2.05, 4.69) is 34.5 Å². The Morgan fingerprint density at radius 3 is 2.71 bits per heavy atom. The second-order valence-corrected chi connectivity index (χ2v) is 4.42. The minimum atomic E-state index is 0. The van der Waals surface area contributed by atoms with E-state index in [1.54, 1.807) is 11.3 Å². The van der Waals surface area contributed by atoms with Crippen LogP contribution < -0.4 is 10.6 Å². The van der Waals surface area contributed by atoms with Crippen LogP contribution in [0, 0.1) is 6.92 Å². The van der Waals surface area contributed by atoms with Crippen molar-refractivity contribution < 1.29 is 0 Å². The first kappa shape index (κ1) is 16.6. The van der Waals surface area contributed by atoms with E-state index in [-0.39, 0.29) is 24.0 Å². The number of rotatable bonds is 5.